The van der Waals surface area contributed by atoms with Gasteiger partial charge in [0.05, 0.1) is 26.0 Å². The van der Waals surface area contributed by atoms with Gasteiger partial charge in [-0.3, -0.25) is 4.79 Å². The minimum absolute atomic E-state index is 0.223. The highest BCUT2D eigenvalue weighted by Crippen LogP contribution is 2.26. The maximum absolute atomic E-state index is 12.1. The van der Waals surface area contributed by atoms with Crippen LogP contribution in [-0.2, 0) is 0 Å². The van der Waals surface area contributed by atoms with Gasteiger partial charge in [-0.2, -0.15) is 0 Å². The number of anilines is 1. The largest absolute Gasteiger partial charge is 0.493 e. The lowest BCUT2D eigenvalue weighted by molar-refractivity contribution is 0.0926. The van der Waals surface area contributed by atoms with Crippen molar-refractivity contribution in [1.29, 1.82) is 0 Å². The van der Waals surface area contributed by atoms with E-state index in [1.807, 2.05) is 50.2 Å². The van der Waals surface area contributed by atoms with Gasteiger partial charge < -0.3 is 19.7 Å². The number of methoxy groups -OCH3 is 1. The number of para-hydroxylation sites is 2. The number of hydrogen-bond donors (Lipinski definition) is 1. The van der Waals surface area contributed by atoms with Crippen LogP contribution in [0.5, 0.6) is 11.5 Å². The van der Waals surface area contributed by atoms with E-state index < -0.39 is 0 Å². The van der Waals surface area contributed by atoms with Crippen LogP contribution in [0.1, 0.15) is 17.4 Å². The zero-order valence-corrected chi connectivity index (χ0v) is 14.3. The molecule has 1 aromatic carbocycles. The average Bonchev–Trinajstić information content (AvgIpc) is 2.60. The molecule has 1 N–H and O–H groups in total. The van der Waals surface area contributed by atoms with Gasteiger partial charge in [0.1, 0.15) is 17.6 Å². The third-order valence-corrected chi connectivity index (χ3v) is 3.28. The van der Waals surface area contributed by atoms with Crippen LogP contribution in [0, 0.1) is 0 Å². The van der Waals surface area contributed by atoms with Gasteiger partial charge in [-0.25, -0.2) is 9.97 Å². The molecule has 0 aliphatic carbocycles. The molecule has 0 aliphatic heterocycles. The Morgan fingerprint density at radius 2 is 1.92 bits per heavy atom. The van der Waals surface area contributed by atoms with Crippen LogP contribution in [0.15, 0.2) is 36.7 Å². The van der Waals surface area contributed by atoms with E-state index in [-0.39, 0.29) is 17.7 Å². The second-order valence-corrected chi connectivity index (χ2v) is 5.44. The van der Waals surface area contributed by atoms with E-state index in [0.29, 0.717) is 23.9 Å². The highest BCUT2D eigenvalue weighted by Gasteiger charge is 2.12. The molecule has 0 aliphatic rings. The number of carbonyl (C=O) groups is 1. The van der Waals surface area contributed by atoms with Crippen molar-refractivity contribution in [3.8, 4) is 11.5 Å². The van der Waals surface area contributed by atoms with E-state index in [0.717, 1.165) is 0 Å². The van der Waals surface area contributed by atoms with Crippen LogP contribution in [0.3, 0.4) is 0 Å². The van der Waals surface area contributed by atoms with Gasteiger partial charge in [0.15, 0.2) is 11.5 Å². The van der Waals surface area contributed by atoms with E-state index in [9.17, 15) is 4.79 Å². The van der Waals surface area contributed by atoms with Crippen molar-refractivity contribution >= 4 is 11.7 Å². The summed E-state index contributed by atoms with van der Waals surface area (Å²) < 4.78 is 11.0. The second kappa shape index (κ2) is 8.14. The number of rotatable bonds is 7. The van der Waals surface area contributed by atoms with E-state index in [2.05, 4.69) is 15.3 Å². The molecule has 7 heteroatoms. The molecule has 1 amide bonds. The molecule has 24 heavy (non-hydrogen) atoms. The van der Waals surface area contributed by atoms with Gasteiger partial charge in [-0.1, -0.05) is 12.1 Å². The zero-order chi connectivity index (χ0) is 17.5. The SMILES string of the molecule is COc1ccccc1O[C@@H](C)CNC(=O)c1cnc(N(C)C)cn1. The summed E-state index contributed by atoms with van der Waals surface area (Å²) in [5.41, 5.74) is 0.269. The summed E-state index contributed by atoms with van der Waals surface area (Å²) in [4.78, 5) is 22.2. The Kier molecular flexibility index (Phi) is 5.95. The summed E-state index contributed by atoms with van der Waals surface area (Å²) in [5, 5.41) is 2.78. The predicted octanol–water partition coefficient (Wildman–Crippen LogP) is 1.75. The number of nitrogens with one attached hydrogen (secondary N) is 1. The first-order valence-electron chi connectivity index (χ1n) is 7.58. The molecule has 0 radical (unpaired) electrons. The van der Waals surface area contributed by atoms with Crippen molar-refractivity contribution < 1.29 is 14.3 Å². The van der Waals surface area contributed by atoms with Gasteiger partial charge in [0.25, 0.3) is 5.91 Å². The first kappa shape index (κ1) is 17.5. The second-order valence-electron chi connectivity index (χ2n) is 5.44. The highest BCUT2D eigenvalue weighted by molar-refractivity contribution is 5.92. The maximum atomic E-state index is 12.1. The molecule has 2 aromatic rings. The minimum Gasteiger partial charge on any atom is -0.493 e. The monoisotopic (exact) mass is 330 g/mol. The topological polar surface area (TPSA) is 76.6 Å². The molecule has 0 spiro atoms. The van der Waals surface area contributed by atoms with E-state index in [4.69, 9.17) is 9.47 Å². The fraction of sp³-hybridized carbons (Fsp3) is 0.353. The molecule has 1 heterocycles. The fourth-order valence-corrected chi connectivity index (χ4v) is 1.97. The molecule has 2 rings (SSSR count). The average molecular weight is 330 g/mol. The summed E-state index contributed by atoms with van der Waals surface area (Å²) in [6, 6.07) is 7.38. The van der Waals surface area contributed by atoms with Gasteiger partial charge >= 0.3 is 0 Å². The number of nitrogens with zero attached hydrogens (tertiary/aromatic N) is 3. The normalized spacial score (nSPS) is 11.5. The van der Waals surface area contributed by atoms with Gasteiger partial charge in [0, 0.05) is 14.1 Å². The lowest BCUT2D eigenvalue weighted by atomic mass is 10.3. The molecule has 0 bridgehead atoms. The lowest BCUT2D eigenvalue weighted by Crippen LogP contribution is -2.34. The lowest BCUT2D eigenvalue weighted by Gasteiger charge is -2.17. The molecule has 0 saturated carbocycles. The Hall–Kier alpha value is -2.83. The summed E-state index contributed by atoms with van der Waals surface area (Å²) in [6.07, 6.45) is 2.79. The molecule has 1 aromatic heterocycles. The van der Waals surface area contributed by atoms with Crippen molar-refractivity contribution in [2.24, 2.45) is 0 Å². The van der Waals surface area contributed by atoms with Crippen molar-refractivity contribution in [1.82, 2.24) is 15.3 Å². The Morgan fingerprint density at radius 1 is 1.21 bits per heavy atom. The molecular weight excluding hydrogens is 308 g/mol. The molecule has 0 unspecified atom stereocenters. The quantitative estimate of drug-likeness (QED) is 0.833. The summed E-state index contributed by atoms with van der Waals surface area (Å²) in [7, 11) is 5.31. The van der Waals surface area contributed by atoms with Crippen LogP contribution < -0.4 is 19.7 Å². The van der Waals surface area contributed by atoms with Crippen LogP contribution in [0.4, 0.5) is 5.82 Å². The van der Waals surface area contributed by atoms with Crippen molar-refractivity contribution in [3.63, 3.8) is 0 Å². The highest BCUT2D eigenvalue weighted by atomic mass is 16.5. The summed E-state index contributed by atoms with van der Waals surface area (Å²) in [6.45, 7) is 2.21. The maximum Gasteiger partial charge on any atom is 0.271 e. The number of ether oxygens (including phenoxy) is 2. The molecule has 128 valence electrons. The van der Waals surface area contributed by atoms with Crippen LogP contribution in [0.25, 0.3) is 0 Å². The van der Waals surface area contributed by atoms with Crippen LogP contribution in [-0.4, -0.2) is 49.7 Å². The van der Waals surface area contributed by atoms with E-state index >= 15 is 0 Å². The third-order valence-electron chi connectivity index (χ3n) is 3.28. The Morgan fingerprint density at radius 3 is 2.50 bits per heavy atom. The van der Waals surface area contributed by atoms with Crippen molar-refractivity contribution in [2.45, 2.75) is 13.0 Å². The van der Waals surface area contributed by atoms with E-state index in [1.165, 1.54) is 6.20 Å². The van der Waals surface area contributed by atoms with Gasteiger partial charge in [-0.15, -0.1) is 0 Å². The van der Waals surface area contributed by atoms with Crippen molar-refractivity contribution in [3.05, 3.63) is 42.4 Å². The van der Waals surface area contributed by atoms with E-state index in [1.54, 1.807) is 13.3 Å². The molecule has 0 saturated heterocycles. The first-order chi connectivity index (χ1) is 11.5. The number of benzene rings is 1. The number of aromatic nitrogens is 2. The van der Waals surface area contributed by atoms with Gasteiger partial charge in [-0.05, 0) is 19.1 Å². The Labute approximate surface area is 141 Å². The Balaban J connectivity index is 1.89. The number of amides is 1. The third kappa shape index (κ3) is 4.58. The molecule has 7 nitrogen and oxygen atoms in total. The smallest absolute Gasteiger partial charge is 0.271 e. The fourth-order valence-electron chi connectivity index (χ4n) is 1.97. The standard InChI is InChI=1S/C17H22N4O3/c1-12(24-15-8-6-5-7-14(15)23-4)9-20-17(22)13-10-19-16(11-18-13)21(2)3/h5-8,10-12H,9H2,1-4H3,(H,20,22)/t12-/m0/s1. The Bertz CT molecular complexity index is 674. The van der Waals surface area contributed by atoms with Crippen LogP contribution >= 0.6 is 0 Å². The predicted molar refractivity (Wildman–Crippen MR) is 91.8 cm³/mol. The molecule has 1 atom stereocenters. The molecular formula is C17H22N4O3. The van der Waals surface area contributed by atoms with Crippen molar-refractivity contribution in [2.75, 3.05) is 32.6 Å². The number of hydrogen-bond acceptors (Lipinski definition) is 6. The number of carbonyl (C=O) groups excluding carboxylic acids is 1. The van der Waals surface area contributed by atoms with Gasteiger partial charge in [0.2, 0.25) is 0 Å². The summed E-state index contributed by atoms with van der Waals surface area (Å²) in [5.74, 6) is 1.69. The zero-order valence-electron chi connectivity index (χ0n) is 14.3. The van der Waals surface area contributed by atoms with Crippen LogP contribution in [0.2, 0.25) is 0 Å². The summed E-state index contributed by atoms with van der Waals surface area (Å²) >= 11 is 0. The molecule has 0 fully saturated rings. The first-order valence-corrected chi connectivity index (χ1v) is 7.58. The minimum atomic E-state index is -0.289.